The molecule has 0 aliphatic carbocycles. The van der Waals surface area contributed by atoms with Crippen molar-refractivity contribution in [3.63, 3.8) is 0 Å². The molecule has 0 nitrogen and oxygen atoms in total. The van der Waals surface area contributed by atoms with Crippen molar-refractivity contribution in [2.75, 3.05) is 0 Å². The van der Waals surface area contributed by atoms with E-state index in [2.05, 4.69) is 137 Å². The standard InChI is InChI=1S/C23H30.C16H24/c1-7-9-23-20(6)17(3)12-13-22(23)15-18(4)19(5)21-11-8-10-16(2)14-21;1-7-16(5,6)15-9-8-14(10-12(2)3)11-13(15)4/h8,10-14,18H,5,7,9,15H2,1-4,6H3;8-9,11H,2,7,10H2,1,3-6H3. The summed E-state index contributed by atoms with van der Waals surface area (Å²) in [6.07, 6.45) is 5.61. The first-order valence-corrected chi connectivity index (χ1v) is 14.9. The van der Waals surface area contributed by atoms with Gasteiger partial charge in [0.15, 0.2) is 0 Å². The third kappa shape index (κ3) is 9.10. The van der Waals surface area contributed by atoms with E-state index in [1.54, 1.807) is 5.56 Å². The Hall–Kier alpha value is -2.86. The predicted octanol–water partition coefficient (Wildman–Crippen LogP) is 11.3. The summed E-state index contributed by atoms with van der Waals surface area (Å²) in [5.74, 6) is 0.453. The van der Waals surface area contributed by atoms with Crippen molar-refractivity contribution in [2.45, 2.75) is 107 Å². The van der Waals surface area contributed by atoms with E-state index in [4.69, 9.17) is 0 Å². The van der Waals surface area contributed by atoms with Crippen LogP contribution < -0.4 is 0 Å². The van der Waals surface area contributed by atoms with E-state index in [9.17, 15) is 0 Å². The van der Waals surface area contributed by atoms with Gasteiger partial charge in [0, 0.05) is 0 Å². The number of aryl methyl sites for hydroxylation is 3. The van der Waals surface area contributed by atoms with E-state index in [-0.39, 0.29) is 5.41 Å². The van der Waals surface area contributed by atoms with Gasteiger partial charge in [-0.05, 0) is 122 Å². The molecular weight excluding hydrogens is 468 g/mol. The lowest BCUT2D eigenvalue weighted by molar-refractivity contribution is 0.503. The Labute approximate surface area is 241 Å². The van der Waals surface area contributed by atoms with Gasteiger partial charge in [-0.3, -0.25) is 0 Å². The summed E-state index contributed by atoms with van der Waals surface area (Å²) in [5.41, 5.74) is 15.5. The molecule has 0 fully saturated rings. The molecular formula is C39H54. The highest BCUT2D eigenvalue weighted by Crippen LogP contribution is 2.31. The van der Waals surface area contributed by atoms with Crippen LogP contribution in [0.1, 0.15) is 104 Å². The summed E-state index contributed by atoms with van der Waals surface area (Å²) in [6.45, 7) is 30.7. The van der Waals surface area contributed by atoms with Gasteiger partial charge < -0.3 is 0 Å². The Balaban J connectivity index is 0.000000293. The third-order valence-corrected chi connectivity index (χ3v) is 8.39. The first kappa shape index (κ1) is 32.4. The molecule has 0 N–H and O–H groups in total. The first-order chi connectivity index (χ1) is 18.3. The summed E-state index contributed by atoms with van der Waals surface area (Å²) in [7, 11) is 0. The molecule has 0 aliphatic rings. The molecule has 0 heterocycles. The molecule has 1 atom stereocenters. The highest BCUT2D eigenvalue weighted by Gasteiger charge is 2.20. The molecule has 3 aromatic carbocycles. The fourth-order valence-corrected chi connectivity index (χ4v) is 5.44. The van der Waals surface area contributed by atoms with E-state index in [0.717, 1.165) is 12.8 Å². The first-order valence-electron chi connectivity index (χ1n) is 14.9. The van der Waals surface area contributed by atoms with E-state index in [0.29, 0.717) is 5.92 Å². The average Bonchev–Trinajstić information content (AvgIpc) is 2.87. The molecule has 0 aliphatic heterocycles. The van der Waals surface area contributed by atoms with E-state index < -0.39 is 0 Å². The normalized spacial score (nSPS) is 11.9. The van der Waals surface area contributed by atoms with Crippen LogP contribution in [-0.2, 0) is 24.7 Å². The molecule has 0 radical (unpaired) electrons. The SMILES string of the molecule is C=C(C)Cc1ccc(C(C)(C)CC)c(C)c1.C=C(c1cccc(C)c1)C(C)Cc1ccc(C)c(C)c1CCC. The molecule has 3 aromatic rings. The Morgan fingerprint density at radius 3 is 2.13 bits per heavy atom. The van der Waals surface area contributed by atoms with Crippen LogP contribution in [0.4, 0.5) is 0 Å². The Morgan fingerprint density at radius 2 is 1.56 bits per heavy atom. The Morgan fingerprint density at radius 1 is 0.872 bits per heavy atom. The maximum Gasteiger partial charge on any atom is -0.00725 e. The van der Waals surface area contributed by atoms with Crippen LogP contribution in [0, 0.1) is 33.6 Å². The molecule has 0 saturated carbocycles. The van der Waals surface area contributed by atoms with Crippen LogP contribution in [0.3, 0.4) is 0 Å². The minimum Gasteiger partial charge on any atom is -0.0998 e. The second kappa shape index (κ2) is 14.5. The van der Waals surface area contributed by atoms with Gasteiger partial charge in [-0.1, -0.05) is 120 Å². The zero-order valence-corrected chi connectivity index (χ0v) is 26.7. The molecule has 3 rings (SSSR count). The number of benzene rings is 3. The smallest absolute Gasteiger partial charge is 0.00725 e. The summed E-state index contributed by atoms with van der Waals surface area (Å²) in [5, 5.41) is 0. The van der Waals surface area contributed by atoms with Gasteiger partial charge in [0.25, 0.3) is 0 Å². The van der Waals surface area contributed by atoms with Gasteiger partial charge in [0.1, 0.15) is 0 Å². The van der Waals surface area contributed by atoms with Gasteiger partial charge in [0.05, 0.1) is 0 Å². The van der Waals surface area contributed by atoms with Crippen molar-refractivity contribution in [3.05, 3.63) is 123 Å². The monoisotopic (exact) mass is 522 g/mol. The summed E-state index contributed by atoms with van der Waals surface area (Å²) in [6, 6.07) is 20.1. The van der Waals surface area contributed by atoms with Crippen molar-refractivity contribution < 1.29 is 0 Å². The van der Waals surface area contributed by atoms with Crippen molar-refractivity contribution in [2.24, 2.45) is 5.92 Å². The van der Waals surface area contributed by atoms with Crippen molar-refractivity contribution in [3.8, 4) is 0 Å². The van der Waals surface area contributed by atoms with Crippen LogP contribution in [0.5, 0.6) is 0 Å². The fraction of sp³-hybridized carbons (Fsp3) is 0.436. The maximum absolute atomic E-state index is 4.38. The zero-order valence-electron chi connectivity index (χ0n) is 26.7. The quantitative estimate of drug-likeness (QED) is 0.232. The second-order valence-electron chi connectivity index (χ2n) is 12.4. The maximum atomic E-state index is 4.38. The lowest BCUT2D eigenvalue weighted by Gasteiger charge is -2.26. The lowest BCUT2D eigenvalue weighted by atomic mass is 9.79. The summed E-state index contributed by atoms with van der Waals surface area (Å²) >= 11 is 0. The Bertz CT molecular complexity index is 1270. The van der Waals surface area contributed by atoms with Crippen molar-refractivity contribution in [1.82, 2.24) is 0 Å². The highest BCUT2D eigenvalue weighted by atomic mass is 14.2. The van der Waals surface area contributed by atoms with Crippen LogP contribution in [0.2, 0.25) is 0 Å². The molecule has 210 valence electrons. The lowest BCUT2D eigenvalue weighted by Crippen LogP contribution is -2.17. The number of rotatable bonds is 10. The third-order valence-electron chi connectivity index (χ3n) is 8.39. The van der Waals surface area contributed by atoms with Crippen molar-refractivity contribution >= 4 is 5.57 Å². The fourth-order valence-electron chi connectivity index (χ4n) is 5.44. The molecule has 39 heavy (non-hydrogen) atoms. The van der Waals surface area contributed by atoms with Crippen LogP contribution in [-0.4, -0.2) is 0 Å². The van der Waals surface area contributed by atoms with Gasteiger partial charge in [-0.15, -0.1) is 0 Å². The number of allylic oxidation sites excluding steroid dienone is 2. The molecule has 0 spiro atoms. The van der Waals surface area contributed by atoms with Crippen LogP contribution >= 0.6 is 0 Å². The van der Waals surface area contributed by atoms with Gasteiger partial charge >= 0.3 is 0 Å². The minimum atomic E-state index is 0.284. The molecule has 0 bridgehead atoms. The van der Waals surface area contributed by atoms with Crippen molar-refractivity contribution in [1.29, 1.82) is 0 Å². The summed E-state index contributed by atoms with van der Waals surface area (Å²) in [4.78, 5) is 0. The van der Waals surface area contributed by atoms with Gasteiger partial charge in [0.2, 0.25) is 0 Å². The van der Waals surface area contributed by atoms with E-state index in [1.807, 2.05) is 0 Å². The van der Waals surface area contributed by atoms with Gasteiger partial charge in [-0.2, -0.15) is 0 Å². The minimum absolute atomic E-state index is 0.284. The molecule has 0 aromatic heterocycles. The molecule has 1 unspecified atom stereocenters. The molecule has 0 amide bonds. The zero-order chi connectivity index (χ0) is 29.3. The van der Waals surface area contributed by atoms with Gasteiger partial charge in [-0.25, -0.2) is 0 Å². The molecule has 0 heteroatoms. The largest absolute Gasteiger partial charge is 0.0998 e. The Kier molecular flexibility index (Phi) is 12.0. The highest BCUT2D eigenvalue weighted by molar-refractivity contribution is 5.66. The topological polar surface area (TPSA) is 0 Å². The molecule has 0 saturated heterocycles. The average molecular weight is 523 g/mol. The summed E-state index contributed by atoms with van der Waals surface area (Å²) < 4.78 is 0. The van der Waals surface area contributed by atoms with E-state index >= 15 is 0 Å². The van der Waals surface area contributed by atoms with Crippen LogP contribution in [0.15, 0.2) is 73.3 Å². The number of hydrogen-bond acceptors (Lipinski definition) is 0. The second-order valence-corrected chi connectivity index (χ2v) is 12.4. The van der Waals surface area contributed by atoms with E-state index in [1.165, 1.54) is 74.9 Å². The number of hydrogen-bond donors (Lipinski definition) is 0. The van der Waals surface area contributed by atoms with Crippen LogP contribution in [0.25, 0.3) is 5.57 Å². The predicted molar refractivity (Wildman–Crippen MR) is 176 cm³/mol.